The Morgan fingerprint density at radius 3 is 2.76 bits per heavy atom. The Kier molecular flexibility index (Phi) is 6.23. The number of benzene rings is 2. The van der Waals surface area contributed by atoms with Gasteiger partial charge in [-0.3, -0.25) is 4.79 Å². The summed E-state index contributed by atoms with van der Waals surface area (Å²) < 4.78 is 12.5. The number of nitrogens with one attached hydrogen (secondary N) is 2. The molecule has 1 aliphatic rings. The standard InChI is InChI=1S/C24H27N5O4/c1-4-20(30)27-16-8-6-5-7-15(16)17-11-12-26-24-21(23(25)31)22(28-29(17)24)14-9-10-18(32-2)19(13-14)33-3/h4-10,13,17,20,26-27,30H,1,11-12H2,2-3H3,(H2,25,31). The molecule has 3 aromatic rings. The van der Waals surface area contributed by atoms with E-state index in [2.05, 4.69) is 17.2 Å². The van der Waals surface area contributed by atoms with Crippen molar-refractivity contribution in [3.05, 3.63) is 66.2 Å². The molecule has 1 amide bonds. The van der Waals surface area contributed by atoms with E-state index in [1.54, 1.807) is 31.0 Å². The van der Waals surface area contributed by atoms with Gasteiger partial charge in [0.25, 0.3) is 5.91 Å². The van der Waals surface area contributed by atoms with Crippen molar-refractivity contribution >= 4 is 17.4 Å². The summed E-state index contributed by atoms with van der Waals surface area (Å²) in [5.41, 5.74) is 8.93. The highest BCUT2D eigenvalue weighted by Gasteiger charge is 2.31. The largest absolute Gasteiger partial charge is 0.493 e. The molecular formula is C24H27N5O4. The molecule has 9 nitrogen and oxygen atoms in total. The van der Waals surface area contributed by atoms with Crippen LogP contribution < -0.4 is 25.8 Å². The Morgan fingerprint density at radius 2 is 2.06 bits per heavy atom. The molecule has 0 saturated carbocycles. The number of hydrogen-bond donors (Lipinski definition) is 4. The summed E-state index contributed by atoms with van der Waals surface area (Å²) >= 11 is 0. The molecule has 0 fully saturated rings. The normalized spacial score (nSPS) is 15.7. The number of para-hydroxylation sites is 1. The van der Waals surface area contributed by atoms with Crippen molar-refractivity contribution in [3.8, 4) is 22.8 Å². The number of fused-ring (bicyclic) bond motifs is 1. The Bertz CT molecular complexity index is 1190. The number of hydrogen-bond acceptors (Lipinski definition) is 7. The van der Waals surface area contributed by atoms with Gasteiger partial charge in [0.15, 0.2) is 11.5 Å². The molecule has 2 unspecified atom stereocenters. The highest BCUT2D eigenvalue weighted by atomic mass is 16.5. The molecular weight excluding hydrogens is 422 g/mol. The zero-order valence-electron chi connectivity index (χ0n) is 18.5. The highest BCUT2D eigenvalue weighted by Crippen LogP contribution is 2.40. The maximum Gasteiger partial charge on any atom is 0.254 e. The first-order valence-corrected chi connectivity index (χ1v) is 10.5. The van der Waals surface area contributed by atoms with Crippen LogP contribution in [0.4, 0.5) is 11.5 Å². The number of rotatable bonds is 8. The summed E-state index contributed by atoms with van der Waals surface area (Å²) in [6, 6.07) is 12.8. The molecule has 2 heterocycles. The number of nitrogens with zero attached hydrogens (tertiary/aromatic N) is 2. The third kappa shape index (κ3) is 4.10. The van der Waals surface area contributed by atoms with Crippen molar-refractivity contribution in [2.75, 3.05) is 31.4 Å². The number of aliphatic hydroxyl groups excluding tert-OH is 1. The minimum atomic E-state index is -0.895. The number of amides is 1. The van der Waals surface area contributed by atoms with Crippen LogP contribution in [0.1, 0.15) is 28.4 Å². The van der Waals surface area contributed by atoms with Crippen molar-refractivity contribution in [2.24, 2.45) is 5.73 Å². The topological polar surface area (TPSA) is 124 Å². The molecule has 172 valence electrons. The lowest BCUT2D eigenvalue weighted by atomic mass is 9.99. The summed E-state index contributed by atoms with van der Waals surface area (Å²) in [7, 11) is 3.11. The Morgan fingerprint density at radius 1 is 1.30 bits per heavy atom. The predicted molar refractivity (Wildman–Crippen MR) is 127 cm³/mol. The van der Waals surface area contributed by atoms with E-state index in [-0.39, 0.29) is 6.04 Å². The van der Waals surface area contributed by atoms with E-state index in [1.807, 2.05) is 30.3 Å². The lowest BCUT2D eigenvalue weighted by molar-refractivity contribution is 0.100. The van der Waals surface area contributed by atoms with Crippen LogP contribution in [0.25, 0.3) is 11.3 Å². The number of aromatic nitrogens is 2. The quantitative estimate of drug-likeness (QED) is 0.308. The van der Waals surface area contributed by atoms with Crippen molar-refractivity contribution in [2.45, 2.75) is 18.7 Å². The van der Waals surface area contributed by atoms with Crippen molar-refractivity contribution < 1.29 is 19.4 Å². The lowest BCUT2D eigenvalue weighted by Crippen LogP contribution is -2.27. The summed E-state index contributed by atoms with van der Waals surface area (Å²) in [6.07, 6.45) is 1.24. The predicted octanol–water partition coefficient (Wildman–Crippen LogP) is 2.99. The smallest absolute Gasteiger partial charge is 0.254 e. The van der Waals surface area contributed by atoms with Crippen LogP contribution in [0.2, 0.25) is 0 Å². The number of methoxy groups -OCH3 is 2. The molecule has 9 heteroatoms. The molecule has 5 N–H and O–H groups in total. The van der Waals surface area contributed by atoms with Crippen molar-refractivity contribution in [3.63, 3.8) is 0 Å². The van der Waals surface area contributed by atoms with Gasteiger partial charge in [-0.25, -0.2) is 4.68 Å². The van der Waals surface area contributed by atoms with Crippen LogP contribution >= 0.6 is 0 Å². The molecule has 0 saturated heterocycles. The molecule has 0 aliphatic carbocycles. The average molecular weight is 450 g/mol. The summed E-state index contributed by atoms with van der Waals surface area (Å²) in [4.78, 5) is 12.5. The fourth-order valence-corrected chi connectivity index (χ4v) is 4.12. The number of carbonyl (C=O) groups excluding carboxylic acids is 1. The molecule has 1 aromatic heterocycles. The van der Waals surface area contributed by atoms with Gasteiger partial charge < -0.3 is 30.9 Å². The van der Waals surface area contributed by atoms with Gasteiger partial charge in [0, 0.05) is 17.8 Å². The molecule has 0 bridgehead atoms. The summed E-state index contributed by atoms with van der Waals surface area (Å²) in [5, 5.41) is 21.2. The second-order valence-electron chi connectivity index (χ2n) is 7.59. The van der Waals surface area contributed by atoms with Gasteiger partial charge in [0.1, 0.15) is 23.3 Å². The molecule has 4 rings (SSSR count). The highest BCUT2D eigenvalue weighted by molar-refractivity contribution is 6.04. The molecule has 0 spiro atoms. The first-order valence-electron chi connectivity index (χ1n) is 10.5. The third-order valence-electron chi connectivity index (χ3n) is 5.67. The molecule has 2 aromatic carbocycles. The van der Waals surface area contributed by atoms with Crippen LogP contribution in [0, 0.1) is 0 Å². The molecule has 33 heavy (non-hydrogen) atoms. The van der Waals surface area contributed by atoms with Crippen LogP contribution in [0.3, 0.4) is 0 Å². The average Bonchev–Trinajstić information content (AvgIpc) is 3.24. The number of aliphatic hydroxyl groups is 1. The lowest BCUT2D eigenvalue weighted by Gasteiger charge is -2.28. The Hall–Kier alpha value is -3.98. The molecule has 1 aliphatic heterocycles. The first-order chi connectivity index (χ1) is 16.0. The van der Waals surface area contributed by atoms with Gasteiger partial charge in [-0.05, 0) is 42.3 Å². The van der Waals surface area contributed by atoms with E-state index in [0.717, 1.165) is 17.7 Å². The number of primary amides is 1. The number of ether oxygens (including phenoxy) is 2. The van der Waals surface area contributed by atoms with Gasteiger partial charge in [0.05, 0.1) is 20.3 Å². The SMILES string of the molecule is C=CC(O)Nc1ccccc1C1CCNc2c(C(N)=O)c(-c3ccc(OC)c(OC)c3)nn21. The maximum atomic E-state index is 12.5. The van der Waals surface area contributed by atoms with Gasteiger partial charge in [0.2, 0.25) is 0 Å². The second-order valence-corrected chi connectivity index (χ2v) is 7.59. The van der Waals surface area contributed by atoms with E-state index >= 15 is 0 Å². The van der Waals surface area contributed by atoms with Crippen LogP contribution in [0.15, 0.2) is 55.1 Å². The van der Waals surface area contributed by atoms with Gasteiger partial charge >= 0.3 is 0 Å². The number of anilines is 2. The van der Waals surface area contributed by atoms with Gasteiger partial charge in [-0.15, -0.1) is 0 Å². The monoisotopic (exact) mass is 449 g/mol. The van der Waals surface area contributed by atoms with Crippen LogP contribution in [0.5, 0.6) is 11.5 Å². The fraction of sp³-hybridized carbons (Fsp3) is 0.250. The van der Waals surface area contributed by atoms with Crippen LogP contribution in [-0.4, -0.2) is 47.8 Å². The van der Waals surface area contributed by atoms with Gasteiger partial charge in [-0.1, -0.05) is 24.8 Å². The third-order valence-corrected chi connectivity index (χ3v) is 5.67. The summed E-state index contributed by atoms with van der Waals surface area (Å²) in [5.74, 6) is 1.07. The Balaban J connectivity index is 1.85. The van der Waals surface area contributed by atoms with Crippen molar-refractivity contribution in [1.82, 2.24) is 9.78 Å². The van der Waals surface area contributed by atoms with E-state index < -0.39 is 12.1 Å². The van der Waals surface area contributed by atoms with Crippen molar-refractivity contribution in [1.29, 1.82) is 0 Å². The zero-order valence-corrected chi connectivity index (χ0v) is 18.5. The number of carbonyl (C=O) groups is 1. The van der Waals surface area contributed by atoms with Crippen LogP contribution in [-0.2, 0) is 0 Å². The maximum absolute atomic E-state index is 12.5. The minimum absolute atomic E-state index is 0.186. The van der Waals surface area contributed by atoms with E-state index in [9.17, 15) is 9.90 Å². The van der Waals surface area contributed by atoms with E-state index in [1.165, 1.54) is 6.08 Å². The zero-order chi connectivity index (χ0) is 23.5. The second kappa shape index (κ2) is 9.25. The minimum Gasteiger partial charge on any atom is -0.493 e. The molecule has 2 atom stereocenters. The van der Waals surface area contributed by atoms with E-state index in [4.69, 9.17) is 20.3 Å². The summed E-state index contributed by atoms with van der Waals surface area (Å²) in [6.45, 7) is 4.24. The van der Waals surface area contributed by atoms with E-state index in [0.29, 0.717) is 40.7 Å². The first kappa shape index (κ1) is 22.2. The Labute approximate surface area is 191 Å². The fourth-order valence-electron chi connectivity index (χ4n) is 4.12. The number of nitrogens with two attached hydrogens (primary N) is 1. The molecule has 0 radical (unpaired) electrons. The van der Waals surface area contributed by atoms with Gasteiger partial charge in [-0.2, -0.15) is 5.10 Å².